The van der Waals surface area contributed by atoms with E-state index in [1.807, 2.05) is 18.2 Å². The number of carbonyl (C=O) groups is 3. The van der Waals surface area contributed by atoms with Crippen molar-refractivity contribution in [1.29, 1.82) is 0 Å². The van der Waals surface area contributed by atoms with Gasteiger partial charge in [-0.25, -0.2) is 4.90 Å². The van der Waals surface area contributed by atoms with Crippen molar-refractivity contribution in [3.63, 3.8) is 0 Å². The van der Waals surface area contributed by atoms with E-state index in [0.29, 0.717) is 12.2 Å². The summed E-state index contributed by atoms with van der Waals surface area (Å²) in [6.45, 7) is 2.23. The number of amides is 3. The maximum atomic E-state index is 12.8. The highest BCUT2D eigenvalue weighted by Crippen LogP contribution is 2.32. The second-order valence-corrected chi connectivity index (χ2v) is 7.62. The SMILES string of the molecule is CC(=O)N1CCc2cc(NC3CC(=O)N(c4ccc(Br)cc4)C3=O)ccc21. The Balaban J connectivity index is 1.52. The molecule has 1 fully saturated rings. The van der Waals surface area contributed by atoms with Crippen molar-refractivity contribution in [2.75, 3.05) is 21.7 Å². The topological polar surface area (TPSA) is 69.7 Å². The average molecular weight is 428 g/mol. The lowest BCUT2D eigenvalue weighted by atomic mass is 10.1. The van der Waals surface area contributed by atoms with Gasteiger partial charge < -0.3 is 10.2 Å². The summed E-state index contributed by atoms with van der Waals surface area (Å²) in [5.74, 6) is -0.451. The molecule has 1 atom stereocenters. The number of fused-ring (bicyclic) bond motifs is 1. The first-order valence-electron chi connectivity index (χ1n) is 8.74. The van der Waals surface area contributed by atoms with Gasteiger partial charge in [-0.3, -0.25) is 14.4 Å². The molecule has 4 rings (SSSR count). The van der Waals surface area contributed by atoms with Gasteiger partial charge in [0.2, 0.25) is 11.8 Å². The molecule has 27 heavy (non-hydrogen) atoms. The molecule has 0 spiro atoms. The number of benzene rings is 2. The van der Waals surface area contributed by atoms with Crippen molar-refractivity contribution in [2.45, 2.75) is 25.8 Å². The maximum Gasteiger partial charge on any atom is 0.256 e. The molecule has 1 unspecified atom stereocenters. The highest BCUT2D eigenvalue weighted by molar-refractivity contribution is 9.10. The van der Waals surface area contributed by atoms with Crippen LogP contribution >= 0.6 is 15.9 Å². The van der Waals surface area contributed by atoms with Crippen molar-refractivity contribution in [1.82, 2.24) is 0 Å². The molecule has 2 aromatic carbocycles. The second kappa shape index (κ2) is 6.81. The van der Waals surface area contributed by atoms with Crippen LogP contribution in [0, 0.1) is 0 Å². The first-order valence-corrected chi connectivity index (χ1v) is 9.53. The monoisotopic (exact) mass is 427 g/mol. The van der Waals surface area contributed by atoms with E-state index in [4.69, 9.17) is 0 Å². The Bertz CT molecular complexity index is 942. The summed E-state index contributed by atoms with van der Waals surface area (Å²) in [6, 6.07) is 12.2. The average Bonchev–Trinajstić information content (AvgIpc) is 3.17. The fraction of sp³-hybridized carbons (Fsp3) is 0.250. The van der Waals surface area contributed by atoms with Crippen molar-refractivity contribution in [3.8, 4) is 0 Å². The van der Waals surface area contributed by atoms with Gasteiger partial charge in [0.1, 0.15) is 6.04 Å². The standard InChI is InChI=1S/C20H18BrN3O3/c1-12(25)23-9-8-13-10-15(4-7-18(13)23)22-17-11-19(26)24(20(17)27)16-5-2-14(21)3-6-16/h2-7,10,17,22H,8-9,11H2,1H3. The number of nitrogens with zero attached hydrogens (tertiary/aromatic N) is 2. The van der Waals surface area contributed by atoms with E-state index < -0.39 is 6.04 Å². The van der Waals surface area contributed by atoms with Crippen LogP contribution in [0.4, 0.5) is 17.1 Å². The number of nitrogens with one attached hydrogen (secondary N) is 1. The normalized spacial score (nSPS) is 18.8. The first kappa shape index (κ1) is 17.7. The Morgan fingerprint density at radius 2 is 1.89 bits per heavy atom. The molecular weight excluding hydrogens is 410 g/mol. The lowest BCUT2D eigenvalue weighted by molar-refractivity contribution is -0.121. The summed E-state index contributed by atoms with van der Waals surface area (Å²) in [7, 11) is 0. The van der Waals surface area contributed by atoms with Crippen LogP contribution in [0.1, 0.15) is 18.9 Å². The summed E-state index contributed by atoms with van der Waals surface area (Å²) in [6.07, 6.45) is 0.901. The van der Waals surface area contributed by atoms with Crippen LogP contribution in [0.25, 0.3) is 0 Å². The predicted octanol–water partition coefficient (Wildman–Crippen LogP) is 3.10. The summed E-state index contributed by atoms with van der Waals surface area (Å²) >= 11 is 3.35. The fourth-order valence-corrected chi connectivity index (χ4v) is 3.89. The number of halogens is 1. The van der Waals surface area contributed by atoms with Crippen molar-refractivity contribution >= 4 is 50.7 Å². The van der Waals surface area contributed by atoms with Gasteiger partial charge in [0.25, 0.3) is 5.91 Å². The number of imide groups is 1. The van der Waals surface area contributed by atoms with Gasteiger partial charge in [0.15, 0.2) is 0 Å². The smallest absolute Gasteiger partial charge is 0.256 e. The van der Waals surface area contributed by atoms with Crippen LogP contribution < -0.4 is 15.1 Å². The van der Waals surface area contributed by atoms with E-state index in [1.165, 1.54) is 4.90 Å². The lowest BCUT2D eigenvalue weighted by Crippen LogP contribution is -2.34. The fourth-order valence-electron chi connectivity index (χ4n) is 3.63. The number of rotatable bonds is 3. The molecule has 2 heterocycles. The van der Waals surface area contributed by atoms with Crippen LogP contribution in [-0.2, 0) is 20.8 Å². The molecule has 0 aliphatic carbocycles. The largest absolute Gasteiger partial charge is 0.373 e. The number of anilines is 3. The third kappa shape index (κ3) is 3.23. The van der Waals surface area contributed by atoms with Crippen molar-refractivity contribution in [2.24, 2.45) is 0 Å². The molecule has 0 bridgehead atoms. The number of carbonyl (C=O) groups excluding carboxylic acids is 3. The Kier molecular flexibility index (Phi) is 4.47. The summed E-state index contributed by atoms with van der Waals surface area (Å²) in [5, 5.41) is 3.18. The lowest BCUT2D eigenvalue weighted by Gasteiger charge is -2.17. The molecule has 2 aliphatic heterocycles. The predicted molar refractivity (Wildman–Crippen MR) is 107 cm³/mol. The molecule has 138 valence electrons. The molecule has 1 saturated heterocycles. The van der Waals surface area contributed by atoms with Crippen LogP contribution in [0.15, 0.2) is 46.9 Å². The maximum absolute atomic E-state index is 12.8. The quantitative estimate of drug-likeness (QED) is 0.763. The minimum absolute atomic E-state index is 0.0242. The van der Waals surface area contributed by atoms with E-state index in [-0.39, 0.29) is 24.1 Å². The highest BCUT2D eigenvalue weighted by atomic mass is 79.9. The van der Waals surface area contributed by atoms with Crippen LogP contribution in [0.3, 0.4) is 0 Å². The van der Waals surface area contributed by atoms with Crippen molar-refractivity contribution < 1.29 is 14.4 Å². The Morgan fingerprint density at radius 1 is 1.15 bits per heavy atom. The Hall–Kier alpha value is -2.67. The molecule has 6 nitrogen and oxygen atoms in total. The molecule has 2 aromatic rings. The molecule has 7 heteroatoms. The van der Waals surface area contributed by atoms with E-state index >= 15 is 0 Å². The molecule has 0 aromatic heterocycles. The second-order valence-electron chi connectivity index (χ2n) is 6.71. The first-order chi connectivity index (χ1) is 12.9. The Labute approximate surface area is 165 Å². The van der Waals surface area contributed by atoms with Gasteiger partial charge in [-0.1, -0.05) is 15.9 Å². The molecule has 0 radical (unpaired) electrons. The van der Waals surface area contributed by atoms with Gasteiger partial charge in [-0.15, -0.1) is 0 Å². The van der Waals surface area contributed by atoms with Crippen LogP contribution in [0.5, 0.6) is 0 Å². The summed E-state index contributed by atoms with van der Waals surface area (Å²) in [5.41, 5.74) is 3.33. The van der Waals surface area contributed by atoms with Gasteiger partial charge in [-0.2, -0.15) is 0 Å². The van der Waals surface area contributed by atoms with Gasteiger partial charge in [0.05, 0.1) is 12.1 Å². The van der Waals surface area contributed by atoms with E-state index in [2.05, 4.69) is 21.2 Å². The van der Waals surface area contributed by atoms with E-state index in [1.54, 1.807) is 36.1 Å². The molecular formula is C20H18BrN3O3. The third-order valence-corrected chi connectivity index (χ3v) is 5.46. The van der Waals surface area contributed by atoms with E-state index in [9.17, 15) is 14.4 Å². The Morgan fingerprint density at radius 3 is 2.59 bits per heavy atom. The molecule has 0 saturated carbocycles. The van der Waals surface area contributed by atoms with Gasteiger partial charge in [-0.05, 0) is 54.4 Å². The minimum atomic E-state index is -0.593. The zero-order valence-electron chi connectivity index (χ0n) is 14.7. The zero-order valence-corrected chi connectivity index (χ0v) is 16.3. The number of hydrogen-bond acceptors (Lipinski definition) is 4. The summed E-state index contributed by atoms with van der Waals surface area (Å²) in [4.78, 5) is 39.8. The van der Waals surface area contributed by atoms with Gasteiger partial charge in [0, 0.05) is 29.3 Å². The molecule has 1 N–H and O–H groups in total. The van der Waals surface area contributed by atoms with Crippen LogP contribution in [-0.4, -0.2) is 30.3 Å². The minimum Gasteiger partial charge on any atom is -0.373 e. The van der Waals surface area contributed by atoms with Gasteiger partial charge >= 0.3 is 0 Å². The summed E-state index contributed by atoms with van der Waals surface area (Å²) < 4.78 is 0.887. The number of hydrogen-bond donors (Lipinski definition) is 1. The zero-order chi connectivity index (χ0) is 19.1. The van der Waals surface area contributed by atoms with E-state index in [0.717, 1.165) is 27.8 Å². The third-order valence-electron chi connectivity index (χ3n) is 4.93. The molecule has 2 aliphatic rings. The highest BCUT2D eigenvalue weighted by Gasteiger charge is 2.39. The van der Waals surface area contributed by atoms with Crippen LogP contribution in [0.2, 0.25) is 0 Å². The molecule has 3 amide bonds. The van der Waals surface area contributed by atoms with Crippen molar-refractivity contribution in [3.05, 3.63) is 52.5 Å².